The number of hydrogen-bond acceptors (Lipinski definition) is 4. The zero-order valence-corrected chi connectivity index (χ0v) is 11.4. The van der Waals surface area contributed by atoms with Crippen molar-refractivity contribution in [2.75, 3.05) is 13.1 Å². The number of rotatable bonds is 2. The maximum atomic E-state index is 12.0. The quantitative estimate of drug-likeness (QED) is 0.604. The predicted molar refractivity (Wildman–Crippen MR) is 73.4 cm³/mol. The van der Waals surface area contributed by atoms with E-state index in [0.29, 0.717) is 11.6 Å². The molecule has 0 aromatic carbocycles. The monoisotopic (exact) mass is 269 g/mol. The lowest BCUT2D eigenvalue weighted by Gasteiger charge is -2.16. The molecule has 1 saturated heterocycles. The summed E-state index contributed by atoms with van der Waals surface area (Å²) in [5.74, 6) is 0. The second-order valence-electron chi connectivity index (χ2n) is 3.89. The first-order valence-electron chi connectivity index (χ1n) is 5.74. The summed E-state index contributed by atoms with van der Waals surface area (Å²) in [7, 11) is 0. The van der Waals surface area contributed by atoms with Crippen LogP contribution in [0.2, 0.25) is 0 Å². The SMILES string of the molecule is CCn1ccnc(SC(=S)N2CCCC2)c1=O. The number of likely N-dealkylation sites (tertiary alicyclic amines) is 1. The molecule has 0 saturated carbocycles. The molecule has 1 aromatic heterocycles. The average molecular weight is 269 g/mol. The van der Waals surface area contributed by atoms with Crippen LogP contribution in [0.5, 0.6) is 0 Å². The van der Waals surface area contributed by atoms with Gasteiger partial charge in [-0.1, -0.05) is 12.2 Å². The Hall–Kier alpha value is -0.880. The van der Waals surface area contributed by atoms with Crippen LogP contribution in [0.4, 0.5) is 0 Å². The van der Waals surface area contributed by atoms with Crippen molar-refractivity contribution >= 4 is 28.3 Å². The average Bonchev–Trinajstić information content (AvgIpc) is 2.85. The predicted octanol–water partition coefficient (Wildman–Crippen LogP) is 1.74. The molecule has 0 spiro atoms. The Bertz CT molecular complexity index is 466. The minimum atomic E-state index is -0.0541. The van der Waals surface area contributed by atoms with Crippen LogP contribution in [0, 0.1) is 0 Å². The van der Waals surface area contributed by atoms with Crippen LogP contribution in [0.3, 0.4) is 0 Å². The van der Waals surface area contributed by atoms with Gasteiger partial charge in [0, 0.05) is 32.0 Å². The van der Waals surface area contributed by atoms with Crippen LogP contribution in [0.25, 0.3) is 0 Å². The van der Waals surface area contributed by atoms with E-state index in [2.05, 4.69) is 9.88 Å². The van der Waals surface area contributed by atoms with Crippen LogP contribution in [0.1, 0.15) is 19.8 Å². The number of thiocarbonyl (C=S) groups is 1. The highest BCUT2D eigenvalue weighted by Gasteiger charge is 2.17. The van der Waals surface area contributed by atoms with Crippen LogP contribution in [-0.4, -0.2) is 31.9 Å². The number of aryl methyl sites for hydroxylation is 1. The lowest BCUT2D eigenvalue weighted by atomic mass is 10.4. The number of thioether (sulfide) groups is 1. The summed E-state index contributed by atoms with van der Waals surface area (Å²) in [6.45, 7) is 4.60. The third kappa shape index (κ3) is 2.87. The van der Waals surface area contributed by atoms with Crippen molar-refractivity contribution in [1.29, 1.82) is 0 Å². The lowest BCUT2D eigenvalue weighted by molar-refractivity contribution is 0.539. The van der Waals surface area contributed by atoms with Gasteiger partial charge in [-0.05, 0) is 31.5 Å². The van der Waals surface area contributed by atoms with Crippen molar-refractivity contribution < 1.29 is 0 Å². The van der Waals surface area contributed by atoms with Crippen molar-refractivity contribution in [3.05, 3.63) is 22.7 Å². The minimum Gasteiger partial charge on any atom is -0.357 e. The second-order valence-corrected chi connectivity index (χ2v) is 5.51. The van der Waals surface area contributed by atoms with Crippen molar-refractivity contribution in [2.24, 2.45) is 0 Å². The zero-order valence-electron chi connectivity index (χ0n) is 9.76. The van der Waals surface area contributed by atoms with Gasteiger partial charge in [-0.2, -0.15) is 0 Å². The van der Waals surface area contributed by atoms with Gasteiger partial charge in [-0.3, -0.25) is 4.79 Å². The van der Waals surface area contributed by atoms with E-state index in [-0.39, 0.29) is 5.56 Å². The summed E-state index contributed by atoms with van der Waals surface area (Å²) in [5.41, 5.74) is -0.0541. The van der Waals surface area contributed by atoms with Gasteiger partial charge in [0.1, 0.15) is 4.32 Å². The molecule has 0 unspecified atom stereocenters. The van der Waals surface area contributed by atoms with Gasteiger partial charge in [0.15, 0.2) is 5.03 Å². The molecule has 0 radical (unpaired) electrons. The molecule has 1 aliphatic rings. The van der Waals surface area contributed by atoms with Crippen LogP contribution >= 0.6 is 24.0 Å². The van der Waals surface area contributed by atoms with Gasteiger partial charge in [-0.15, -0.1) is 0 Å². The maximum absolute atomic E-state index is 12.0. The number of nitrogens with zero attached hydrogens (tertiary/aromatic N) is 3. The maximum Gasteiger partial charge on any atom is 0.283 e. The standard InChI is InChI=1S/C11H15N3OS2/c1-2-13-8-5-12-9(10(13)15)17-11(16)14-6-3-4-7-14/h5,8H,2-4,6-7H2,1H3. The smallest absolute Gasteiger partial charge is 0.283 e. The fourth-order valence-corrected chi connectivity index (χ4v) is 3.01. The van der Waals surface area contributed by atoms with Crippen LogP contribution in [0.15, 0.2) is 22.2 Å². The molecule has 1 fully saturated rings. The molecule has 0 amide bonds. The zero-order chi connectivity index (χ0) is 12.3. The first-order valence-corrected chi connectivity index (χ1v) is 6.97. The van der Waals surface area contributed by atoms with E-state index in [0.717, 1.165) is 17.4 Å². The first-order chi connectivity index (χ1) is 8.22. The van der Waals surface area contributed by atoms with Gasteiger partial charge >= 0.3 is 0 Å². The highest BCUT2D eigenvalue weighted by atomic mass is 32.2. The van der Waals surface area contributed by atoms with E-state index in [4.69, 9.17) is 12.2 Å². The van der Waals surface area contributed by atoms with Gasteiger partial charge in [-0.25, -0.2) is 4.98 Å². The van der Waals surface area contributed by atoms with Gasteiger partial charge in [0.05, 0.1) is 0 Å². The van der Waals surface area contributed by atoms with Crippen molar-refractivity contribution in [2.45, 2.75) is 31.3 Å². The molecule has 0 aliphatic carbocycles. The fraction of sp³-hybridized carbons (Fsp3) is 0.545. The van der Waals surface area contributed by atoms with Gasteiger partial charge in [0.25, 0.3) is 5.56 Å². The van der Waals surface area contributed by atoms with E-state index < -0.39 is 0 Å². The van der Waals surface area contributed by atoms with Crippen LogP contribution in [-0.2, 0) is 6.54 Å². The first kappa shape index (κ1) is 12.6. The van der Waals surface area contributed by atoms with Gasteiger partial charge in [0.2, 0.25) is 0 Å². The minimum absolute atomic E-state index is 0.0541. The molecular formula is C11H15N3OS2. The van der Waals surface area contributed by atoms with Crippen molar-refractivity contribution in [3.63, 3.8) is 0 Å². The lowest BCUT2D eigenvalue weighted by Crippen LogP contribution is -2.26. The normalized spacial score (nSPS) is 15.2. The summed E-state index contributed by atoms with van der Waals surface area (Å²) in [4.78, 5) is 18.2. The molecule has 2 heterocycles. The van der Waals surface area contributed by atoms with E-state index in [1.165, 1.54) is 24.6 Å². The van der Waals surface area contributed by atoms with Crippen molar-refractivity contribution in [1.82, 2.24) is 14.5 Å². The molecule has 1 aliphatic heterocycles. The molecular weight excluding hydrogens is 254 g/mol. The Labute approximate surface area is 110 Å². The third-order valence-corrected chi connectivity index (χ3v) is 4.19. The Morgan fingerprint density at radius 2 is 2.24 bits per heavy atom. The number of aromatic nitrogens is 2. The van der Waals surface area contributed by atoms with Crippen LogP contribution < -0.4 is 5.56 Å². The summed E-state index contributed by atoms with van der Waals surface area (Å²) in [5, 5.41) is 0.478. The van der Waals surface area contributed by atoms with E-state index >= 15 is 0 Å². The molecule has 1 aromatic rings. The Morgan fingerprint density at radius 1 is 1.53 bits per heavy atom. The Morgan fingerprint density at radius 3 is 2.88 bits per heavy atom. The molecule has 0 N–H and O–H groups in total. The molecule has 92 valence electrons. The Kier molecular flexibility index (Phi) is 4.17. The van der Waals surface area contributed by atoms with E-state index in [1.54, 1.807) is 17.0 Å². The summed E-state index contributed by atoms with van der Waals surface area (Å²) in [6, 6.07) is 0. The number of hydrogen-bond donors (Lipinski definition) is 0. The second kappa shape index (κ2) is 5.64. The molecule has 2 rings (SSSR count). The largest absolute Gasteiger partial charge is 0.357 e. The molecule has 0 atom stereocenters. The Balaban J connectivity index is 2.13. The highest BCUT2D eigenvalue weighted by molar-refractivity contribution is 8.22. The fourth-order valence-electron chi connectivity index (χ4n) is 1.79. The summed E-state index contributed by atoms with van der Waals surface area (Å²) < 4.78 is 2.41. The van der Waals surface area contributed by atoms with Crippen molar-refractivity contribution in [3.8, 4) is 0 Å². The van der Waals surface area contributed by atoms with Gasteiger partial charge < -0.3 is 9.47 Å². The van der Waals surface area contributed by atoms with E-state index in [1.807, 2.05) is 6.92 Å². The highest BCUT2D eigenvalue weighted by Crippen LogP contribution is 2.20. The third-order valence-electron chi connectivity index (χ3n) is 2.77. The molecule has 17 heavy (non-hydrogen) atoms. The molecule has 4 nitrogen and oxygen atoms in total. The molecule has 6 heteroatoms. The van der Waals surface area contributed by atoms with E-state index in [9.17, 15) is 4.79 Å². The summed E-state index contributed by atoms with van der Waals surface area (Å²) in [6.07, 6.45) is 5.72. The molecule has 0 bridgehead atoms. The topological polar surface area (TPSA) is 38.1 Å². The summed E-state index contributed by atoms with van der Waals surface area (Å²) >= 11 is 6.65.